The van der Waals surface area contributed by atoms with Crippen LogP contribution < -0.4 is 10.4 Å². The standard InChI is InChI=1S/C24H18N2O7/c1-31-23(29)14-6-8-17(9-7-14)26-22(28)19(21(27)25-26)13-18-10-11-20(33-18)15-4-3-5-16(12-15)24(30)32-2/h3-13H,1-2H3,(H,25,27). The summed E-state index contributed by atoms with van der Waals surface area (Å²) in [6.45, 7) is 0. The predicted octanol–water partition coefficient (Wildman–Crippen LogP) is 2.98. The monoisotopic (exact) mass is 446 g/mol. The Kier molecular flexibility index (Phi) is 5.77. The minimum atomic E-state index is -0.595. The van der Waals surface area contributed by atoms with Crippen LogP contribution in [0.4, 0.5) is 5.69 Å². The maximum Gasteiger partial charge on any atom is 0.337 e. The summed E-state index contributed by atoms with van der Waals surface area (Å²) < 4.78 is 15.1. The third-order valence-electron chi connectivity index (χ3n) is 4.92. The molecule has 166 valence electrons. The maximum absolute atomic E-state index is 12.8. The van der Waals surface area contributed by atoms with Gasteiger partial charge < -0.3 is 13.9 Å². The molecule has 3 aromatic rings. The van der Waals surface area contributed by atoms with Gasteiger partial charge in [-0.25, -0.2) is 14.6 Å². The molecule has 0 unspecified atom stereocenters. The van der Waals surface area contributed by atoms with E-state index in [0.717, 1.165) is 5.01 Å². The van der Waals surface area contributed by atoms with Crippen molar-refractivity contribution < 1.29 is 33.1 Å². The van der Waals surface area contributed by atoms with Crippen LogP contribution in [0.5, 0.6) is 0 Å². The predicted molar refractivity (Wildman–Crippen MR) is 117 cm³/mol. The van der Waals surface area contributed by atoms with Gasteiger partial charge in [0.25, 0.3) is 11.8 Å². The summed E-state index contributed by atoms with van der Waals surface area (Å²) in [5, 5.41) is 1.08. The fourth-order valence-electron chi connectivity index (χ4n) is 3.25. The van der Waals surface area contributed by atoms with Gasteiger partial charge in [-0.05, 0) is 54.6 Å². The number of ether oxygens (including phenoxy) is 2. The molecule has 9 heteroatoms. The average Bonchev–Trinajstić information content (AvgIpc) is 3.43. The molecule has 0 atom stereocenters. The van der Waals surface area contributed by atoms with Crippen LogP contribution in [-0.2, 0) is 19.1 Å². The number of nitrogens with zero attached hydrogens (tertiary/aromatic N) is 1. The first-order valence-corrected chi connectivity index (χ1v) is 9.75. The molecule has 1 aromatic heterocycles. The van der Waals surface area contributed by atoms with Gasteiger partial charge in [-0.3, -0.25) is 15.0 Å². The van der Waals surface area contributed by atoms with Gasteiger partial charge in [0.05, 0.1) is 31.0 Å². The summed E-state index contributed by atoms with van der Waals surface area (Å²) in [5.41, 5.74) is 4.07. The number of carbonyl (C=O) groups is 4. The quantitative estimate of drug-likeness (QED) is 0.364. The zero-order chi connectivity index (χ0) is 23.5. The third-order valence-corrected chi connectivity index (χ3v) is 4.92. The Hall–Kier alpha value is -4.66. The number of nitrogens with one attached hydrogen (secondary N) is 1. The Morgan fingerprint density at radius 2 is 1.61 bits per heavy atom. The van der Waals surface area contributed by atoms with Gasteiger partial charge >= 0.3 is 11.9 Å². The summed E-state index contributed by atoms with van der Waals surface area (Å²) in [6.07, 6.45) is 1.34. The number of methoxy groups -OCH3 is 2. The number of amides is 2. The summed E-state index contributed by atoms with van der Waals surface area (Å²) in [5.74, 6) is -1.41. The molecule has 0 bridgehead atoms. The molecule has 1 aliphatic rings. The van der Waals surface area contributed by atoms with Crippen LogP contribution in [0.2, 0.25) is 0 Å². The number of carbonyl (C=O) groups excluding carboxylic acids is 4. The van der Waals surface area contributed by atoms with E-state index in [1.807, 2.05) is 0 Å². The summed E-state index contributed by atoms with van der Waals surface area (Å²) in [4.78, 5) is 48.6. The molecular formula is C24H18N2O7. The molecule has 9 nitrogen and oxygen atoms in total. The molecule has 0 radical (unpaired) electrons. The van der Waals surface area contributed by atoms with Crippen molar-refractivity contribution in [2.24, 2.45) is 0 Å². The minimum Gasteiger partial charge on any atom is -0.465 e. The number of hydrazine groups is 1. The normalized spacial score (nSPS) is 14.4. The van der Waals surface area contributed by atoms with Gasteiger partial charge in [-0.2, -0.15) is 0 Å². The highest BCUT2D eigenvalue weighted by Crippen LogP contribution is 2.27. The van der Waals surface area contributed by atoms with Crippen molar-refractivity contribution in [3.05, 3.63) is 83.1 Å². The van der Waals surface area contributed by atoms with Crippen molar-refractivity contribution in [3.8, 4) is 11.3 Å². The molecule has 0 aliphatic carbocycles. The molecule has 0 saturated carbocycles. The number of anilines is 1. The summed E-state index contributed by atoms with van der Waals surface area (Å²) >= 11 is 0. The molecule has 1 aliphatic heterocycles. The molecule has 1 N–H and O–H groups in total. The maximum atomic E-state index is 12.8. The van der Waals surface area contributed by atoms with Gasteiger partial charge in [-0.1, -0.05) is 12.1 Å². The lowest BCUT2D eigenvalue weighted by Crippen LogP contribution is -2.35. The molecule has 0 spiro atoms. The zero-order valence-corrected chi connectivity index (χ0v) is 17.7. The second-order valence-electron chi connectivity index (χ2n) is 6.95. The Bertz CT molecular complexity index is 1290. The molecule has 33 heavy (non-hydrogen) atoms. The van der Waals surface area contributed by atoms with Crippen molar-refractivity contribution in [3.63, 3.8) is 0 Å². The van der Waals surface area contributed by atoms with E-state index >= 15 is 0 Å². The lowest BCUT2D eigenvalue weighted by molar-refractivity contribution is -0.117. The van der Waals surface area contributed by atoms with E-state index in [4.69, 9.17) is 9.15 Å². The van der Waals surface area contributed by atoms with Crippen LogP contribution >= 0.6 is 0 Å². The number of hydrogen-bond donors (Lipinski definition) is 1. The van der Waals surface area contributed by atoms with Crippen LogP contribution in [0, 0.1) is 0 Å². The minimum absolute atomic E-state index is 0.115. The zero-order valence-electron chi connectivity index (χ0n) is 17.7. The van der Waals surface area contributed by atoms with E-state index in [0.29, 0.717) is 28.1 Å². The lowest BCUT2D eigenvalue weighted by Gasteiger charge is -2.14. The van der Waals surface area contributed by atoms with Crippen LogP contribution in [0.1, 0.15) is 26.5 Å². The van der Waals surface area contributed by atoms with E-state index in [2.05, 4.69) is 10.2 Å². The van der Waals surface area contributed by atoms with E-state index < -0.39 is 23.8 Å². The van der Waals surface area contributed by atoms with Gasteiger partial charge in [0, 0.05) is 5.56 Å². The highest BCUT2D eigenvalue weighted by molar-refractivity contribution is 6.31. The van der Waals surface area contributed by atoms with Crippen molar-refractivity contribution in [1.29, 1.82) is 0 Å². The Balaban J connectivity index is 1.56. The van der Waals surface area contributed by atoms with Gasteiger partial charge in [-0.15, -0.1) is 0 Å². The average molecular weight is 446 g/mol. The first-order chi connectivity index (χ1) is 15.9. The molecule has 4 rings (SSSR count). The fourth-order valence-corrected chi connectivity index (χ4v) is 3.25. The Morgan fingerprint density at radius 3 is 2.30 bits per heavy atom. The topological polar surface area (TPSA) is 115 Å². The Morgan fingerprint density at radius 1 is 0.909 bits per heavy atom. The van der Waals surface area contributed by atoms with Crippen LogP contribution in [0.15, 0.2) is 70.7 Å². The fraction of sp³-hybridized carbons (Fsp3) is 0.0833. The number of benzene rings is 2. The first-order valence-electron chi connectivity index (χ1n) is 9.75. The molecule has 2 aromatic carbocycles. The van der Waals surface area contributed by atoms with Gasteiger partial charge in [0.15, 0.2) is 0 Å². The summed E-state index contributed by atoms with van der Waals surface area (Å²) in [7, 11) is 2.57. The van der Waals surface area contributed by atoms with Crippen LogP contribution in [-0.4, -0.2) is 38.0 Å². The molecule has 2 amide bonds. The number of rotatable bonds is 5. The third kappa shape index (κ3) is 4.24. The van der Waals surface area contributed by atoms with Crippen molar-refractivity contribution in [1.82, 2.24) is 5.43 Å². The van der Waals surface area contributed by atoms with E-state index in [-0.39, 0.29) is 11.3 Å². The van der Waals surface area contributed by atoms with E-state index in [1.54, 1.807) is 36.4 Å². The smallest absolute Gasteiger partial charge is 0.337 e. The van der Waals surface area contributed by atoms with E-state index in [1.165, 1.54) is 44.6 Å². The summed E-state index contributed by atoms with van der Waals surface area (Å²) in [6, 6.07) is 16.0. The first kappa shape index (κ1) is 21.6. The lowest BCUT2D eigenvalue weighted by atomic mass is 10.1. The highest BCUT2D eigenvalue weighted by atomic mass is 16.5. The van der Waals surface area contributed by atoms with Gasteiger partial charge in [0.2, 0.25) is 0 Å². The van der Waals surface area contributed by atoms with Crippen LogP contribution in [0.3, 0.4) is 0 Å². The van der Waals surface area contributed by atoms with Gasteiger partial charge in [0.1, 0.15) is 17.1 Å². The molecule has 1 saturated heterocycles. The SMILES string of the molecule is COC(=O)c1ccc(N2NC(=O)C(=Cc3ccc(-c4cccc(C(=O)OC)c4)o3)C2=O)cc1. The van der Waals surface area contributed by atoms with Crippen LogP contribution in [0.25, 0.3) is 17.4 Å². The number of furan rings is 1. The number of esters is 2. The van der Waals surface area contributed by atoms with E-state index in [9.17, 15) is 19.2 Å². The van der Waals surface area contributed by atoms with Crippen molar-refractivity contribution >= 4 is 35.5 Å². The molecule has 1 fully saturated rings. The molecule has 2 heterocycles. The Labute approximate surface area is 188 Å². The highest BCUT2D eigenvalue weighted by Gasteiger charge is 2.34. The second kappa shape index (κ2) is 8.83. The van der Waals surface area contributed by atoms with Crippen molar-refractivity contribution in [2.75, 3.05) is 19.2 Å². The molecular weight excluding hydrogens is 428 g/mol. The van der Waals surface area contributed by atoms with Crippen molar-refractivity contribution in [2.45, 2.75) is 0 Å². The second-order valence-corrected chi connectivity index (χ2v) is 6.95. The largest absolute Gasteiger partial charge is 0.465 e. The number of hydrogen-bond acceptors (Lipinski definition) is 7.